The number of hydrogen-bond acceptors (Lipinski definition) is 3. The Bertz CT molecular complexity index is 522. The predicted molar refractivity (Wildman–Crippen MR) is 75.6 cm³/mol. The van der Waals surface area contributed by atoms with Crippen LogP contribution >= 0.6 is 22.9 Å². The van der Waals surface area contributed by atoms with Gasteiger partial charge in [0.2, 0.25) is 0 Å². The molecule has 0 bridgehead atoms. The van der Waals surface area contributed by atoms with E-state index >= 15 is 0 Å². The number of aliphatic hydroxyl groups excluding tert-OH is 1. The summed E-state index contributed by atoms with van der Waals surface area (Å²) in [5.41, 5.74) is 0.746. The number of rotatable bonds is 4. The Hall–Kier alpha value is -1.03. The minimum Gasteiger partial charge on any atom is -0.491 e. The van der Waals surface area contributed by atoms with Gasteiger partial charge in [0.25, 0.3) is 0 Å². The van der Waals surface area contributed by atoms with Crippen molar-refractivity contribution in [3.05, 3.63) is 51.2 Å². The lowest BCUT2D eigenvalue weighted by molar-refractivity contribution is 0.200. The Kier molecular flexibility index (Phi) is 4.27. The van der Waals surface area contributed by atoms with Crippen LogP contribution in [0.15, 0.2) is 35.7 Å². The van der Waals surface area contributed by atoms with Gasteiger partial charge in [-0.05, 0) is 31.4 Å². The van der Waals surface area contributed by atoms with E-state index < -0.39 is 6.10 Å². The average Bonchev–Trinajstić information content (AvgIpc) is 2.74. The van der Waals surface area contributed by atoms with Crippen LogP contribution in [-0.2, 0) is 0 Å². The summed E-state index contributed by atoms with van der Waals surface area (Å²) < 4.78 is 5.71. The molecule has 1 aromatic heterocycles. The number of ether oxygens (including phenoxy) is 1. The van der Waals surface area contributed by atoms with Crippen molar-refractivity contribution in [2.75, 3.05) is 0 Å². The lowest BCUT2D eigenvalue weighted by Crippen LogP contribution is -2.09. The molecule has 0 aliphatic rings. The maximum Gasteiger partial charge on any atom is 0.125 e. The molecular weight excluding hydrogens is 268 g/mol. The van der Waals surface area contributed by atoms with E-state index in [4.69, 9.17) is 16.3 Å². The van der Waals surface area contributed by atoms with E-state index in [0.717, 1.165) is 10.4 Å². The van der Waals surface area contributed by atoms with Gasteiger partial charge >= 0.3 is 0 Å². The highest BCUT2D eigenvalue weighted by Crippen LogP contribution is 2.36. The third kappa shape index (κ3) is 2.86. The molecule has 1 unspecified atom stereocenters. The van der Waals surface area contributed by atoms with Gasteiger partial charge in [0.1, 0.15) is 11.9 Å². The van der Waals surface area contributed by atoms with E-state index in [9.17, 15) is 5.11 Å². The quantitative estimate of drug-likeness (QED) is 0.907. The first-order chi connectivity index (χ1) is 8.59. The fraction of sp³-hybridized carbons (Fsp3) is 0.286. The molecule has 0 spiro atoms. The van der Waals surface area contributed by atoms with Crippen molar-refractivity contribution >= 4 is 22.9 Å². The maximum absolute atomic E-state index is 10.4. The smallest absolute Gasteiger partial charge is 0.125 e. The molecule has 2 rings (SSSR count). The standard InChI is InChI=1S/C14H15ClO2S/c1-9(2)17-12-6-4-3-5-10(12)13(16)14-11(15)7-8-18-14/h3-9,13,16H,1-2H3. The number of hydrogen-bond donors (Lipinski definition) is 1. The number of halogens is 1. The van der Waals surface area contributed by atoms with Crippen LogP contribution in [0.1, 0.15) is 30.4 Å². The lowest BCUT2D eigenvalue weighted by atomic mass is 10.1. The van der Waals surface area contributed by atoms with Gasteiger partial charge in [-0.25, -0.2) is 0 Å². The minimum absolute atomic E-state index is 0.0668. The molecule has 0 fully saturated rings. The molecular formula is C14H15ClO2S. The van der Waals surface area contributed by atoms with Crippen LogP contribution in [0.5, 0.6) is 5.75 Å². The van der Waals surface area contributed by atoms with Crippen molar-refractivity contribution in [1.82, 2.24) is 0 Å². The highest BCUT2D eigenvalue weighted by Gasteiger charge is 2.19. The van der Waals surface area contributed by atoms with Crippen molar-refractivity contribution < 1.29 is 9.84 Å². The van der Waals surface area contributed by atoms with Gasteiger partial charge in [-0.1, -0.05) is 29.8 Å². The topological polar surface area (TPSA) is 29.5 Å². The van der Waals surface area contributed by atoms with E-state index in [1.165, 1.54) is 11.3 Å². The van der Waals surface area contributed by atoms with Crippen molar-refractivity contribution in [1.29, 1.82) is 0 Å². The highest BCUT2D eigenvalue weighted by atomic mass is 35.5. The van der Waals surface area contributed by atoms with Gasteiger partial charge < -0.3 is 9.84 Å². The Balaban J connectivity index is 2.36. The van der Waals surface area contributed by atoms with Crippen LogP contribution < -0.4 is 4.74 Å². The van der Waals surface area contributed by atoms with E-state index in [1.54, 1.807) is 6.07 Å². The Morgan fingerprint density at radius 3 is 2.56 bits per heavy atom. The molecule has 1 atom stereocenters. The van der Waals surface area contributed by atoms with E-state index in [0.29, 0.717) is 10.8 Å². The molecule has 18 heavy (non-hydrogen) atoms. The van der Waals surface area contributed by atoms with Gasteiger partial charge in [0, 0.05) is 5.56 Å². The number of thiophene rings is 1. The molecule has 1 aromatic carbocycles. The second-order valence-electron chi connectivity index (χ2n) is 4.24. The Morgan fingerprint density at radius 1 is 1.22 bits per heavy atom. The first kappa shape index (κ1) is 13.4. The van der Waals surface area contributed by atoms with Crippen LogP contribution in [-0.4, -0.2) is 11.2 Å². The molecule has 0 aliphatic heterocycles. The van der Waals surface area contributed by atoms with Crippen LogP contribution in [0.2, 0.25) is 5.02 Å². The van der Waals surface area contributed by atoms with E-state index in [2.05, 4.69) is 0 Å². The first-order valence-corrected chi connectivity index (χ1v) is 7.02. The van der Waals surface area contributed by atoms with Crippen molar-refractivity contribution in [3.63, 3.8) is 0 Å². The molecule has 4 heteroatoms. The van der Waals surface area contributed by atoms with Crippen LogP contribution in [0, 0.1) is 0 Å². The molecule has 0 radical (unpaired) electrons. The first-order valence-electron chi connectivity index (χ1n) is 5.76. The number of aliphatic hydroxyl groups is 1. The summed E-state index contributed by atoms with van der Waals surface area (Å²) in [5.74, 6) is 0.699. The third-order valence-electron chi connectivity index (χ3n) is 2.47. The molecule has 0 amide bonds. The fourth-order valence-electron chi connectivity index (χ4n) is 1.71. The minimum atomic E-state index is -0.743. The molecule has 1 N–H and O–H groups in total. The van der Waals surface area contributed by atoms with Gasteiger partial charge in [-0.3, -0.25) is 0 Å². The molecule has 96 valence electrons. The molecule has 1 heterocycles. The van der Waals surface area contributed by atoms with Gasteiger partial charge in [0.05, 0.1) is 16.0 Å². The summed E-state index contributed by atoms with van der Waals surface area (Å²) in [4.78, 5) is 0.747. The molecule has 0 saturated heterocycles. The Morgan fingerprint density at radius 2 is 1.94 bits per heavy atom. The van der Waals surface area contributed by atoms with Crippen molar-refractivity contribution in [2.45, 2.75) is 26.1 Å². The van der Waals surface area contributed by atoms with Gasteiger partial charge in [0.15, 0.2) is 0 Å². The molecule has 2 nitrogen and oxygen atoms in total. The highest BCUT2D eigenvalue weighted by molar-refractivity contribution is 7.10. The van der Waals surface area contributed by atoms with Crippen LogP contribution in [0.25, 0.3) is 0 Å². The van der Waals surface area contributed by atoms with E-state index in [1.807, 2.05) is 43.5 Å². The van der Waals surface area contributed by atoms with Crippen LogP contribution in [0.3, 0.4) is 0 Å². The normalized spacial score (nSPS) is 12.7. The Labute approximate surface area is 116 Å². The zero-order chi connectivity index (χ0) is 13.1. The second kappa shape index (κ2) is 5.74. The SMILES string of the molecule is CC(C)Oc1ccccc1C(O)c1sccc1Cl. The van der Waals surface area contributed by atoms with Crippen LogP contribution in [0.4, 0.5) is 0 Å². The van der Waals surface area contributed by atoms with E-state index in [-0.39, 0.29) is 6.10 Å². The third-order valence-corrected chi connectivity index (χ3v) is 3.88. The average molecular weight is 283 g/mol. The summed E-state index contributed by atoms with van der Waals surface area (Å²) in [7, 11) is 0. The summed E-state index contributed by atoms with van der Waals surface area (Å²) in [5, 5.41) is 12.9. The molecule has 2 aromatic rings. The second-order valence-corrected chi connectivity index (χ2v) is 5.59. The molecule has 0 aliphatic carbocycles. The van der Waals surface area contributed by atoms with Crippen molar-refractivity contribution in [3.8, 4) is 5.75 Å². The summed E-state index contributed by atoms with van der Waals surface area (Å²) in [6.45, 7) is 3.92. The maximum atomic E-state index is 10.4. The fourth-order valence-corrected chi connectivity index (χ4v) is 2.87. The largest absolute Gasteiger partial charge is 0.491 e. The lowest BCUT2D eigenvalue weighted by Gasteiger charge is -2.17. The number of para-hydroxylation sites is 1. The van der Waals surface area contributed by atoms with Crippen molar-refractivity contribution in [2.24, 2.45) is 0 Å². The van der Waals surface area contributed by atoms with Gasteiger partial charge in [-0.15, -0.1) is 11.3 Å². The zero-order valence-corrected chi connectivity index (χ0v) is 11.8. The summed E-state index contributed by atoms with van der Waals surface area (Å²) >= 11 is 7.49. The zero-order valence-electron chi connectivity index (χ0n) is 10.3. The predicted octanol–water partition coefficient (Wildman–Crippen LogP) is 4.27. The summed E-state index contributed by atoms with van der Waals surface area (Å²) in [6.07, 6.45) is -0.676. The molecule has 0 saturated carbocycles. The van der Waals surface area contributed by atoms with Gasteiger partial charge in [-0.2, -0.15) is 0 Å². The number of benzene rings is 1. The summed E-state index contributed by atoms with van der Waals surface area (Å²) in [6, 6.07) is 9.28. The monoisotopic (exact) mass is 282 g/mol.